The van der Waals surface area contributed by atoms with Crippen LogP contribution in [0.2, 0.25) is 10.0 Å². The van der Waals surface area contributed by atoms with Crippen LogP contribution in [0.1, 0.15) is 23.2 Å². The second kappa shape index (κ2) is 13.2. The molecule has 0 saturated heterocycles. The van der Waals surface area contributed by atoms with E-state index in [2.05, 4.69) is 16.2 Å². The Labute approximate surface area is 212 Å². The molecule has 3 aromatic carbocycles. The number of para-hydroxylation sites is 2. The predicted octanol–water partition coefficient (Wildman–Crippen LogP) is 4.63. The molecule has 0 aromatic heterocycles. The Kier molecular flexibility index (Phi) is 9.77. The largest absolute Gasteiger partial charge is 0.490 e. The first-order chi connectivity index (χ1) is 16.9. The molecular weight excluding hydrogens is 493 g/mol. The molecule has 0 unspecified atom stereocenters. The molecule has 3 N–H and O–H groups in total. The molecule has 8 nitrogen and oxygen atoms in total. The molecule has 3 amide bonds. The van der Waals surface area contributed by atoms with Gasteiger partial charge in [0.1, 0.15) is 24.7 Å². The van der Waals surface area contributed by atoms with Crippen molar-refractivity contribution in [3.63, 3.8) is 0 Å². The third-order valence-corrected chi connectivity index (χ3v) is 5.13. The summed E-state index contributed by atoms with van der Waals surface area (Å²) in [5.41, 5.74) is 5.25. The molecule has 0 aliphatic heterocycles. The fraction of sp³-hybridized carbons (Fsp3) is 0.160. The van der Waals surface area contributed by atoms with Crippen molar-refractivity contribution in [2.24, 2.45) is 0 Å². The lowest BCUT2D eigenvalue weighted by Crippen LogP contribution is -2.42. The number of hydrogen-bond donors (Lipinski definition) is 3. The van der Waals surface area contributed by atoms with Crippen molar-refractivity contribution >= 4 is 46.6 Å². The molecule has 3 rings (SSSR count). The van der Waals surface area contributed by atoms with Crippen LogP contribution in [0.3, 0.4) is 0 Å². The van der Waals surface area contributed by atoms with Gasteiger partial charge < -0.3 is 14.8 Å². The number of anilines is 1. The Bertz CT molecular complexity index is 1170. The maximum absolute atomic E-state index is 12.5. The SMILES string of the molecule is O=C(CCC(=O)Nc1ccc(Cl)cc1Cl)NNC(=O)c1ccccc1OCCOc1ccccc1. The van der Waals surface area contributed by atoms with Crippen molar-refractivity contribution in [2.75, 3.05) is 18.5 Å². The molecule has 0 fully saturated rings. The van der Waals surface area contributed by atoms with Gasteiger partial charge in [-0.05, 0) is 42.5 Å². The van der Waals surface area contributed by atoms with Crippen LogP contribution >= 0.6 is 23.2 Å². The molecule has 0 atom stereocenters. The number of ether oxygens (including phenoxy) is 2. The first kappa shape index (κ1) is 25.9. The van der Waals surface area contributed by atoms with Crippen molar-refractivity contribution in [1.29, 1.82) is 0 Å². The normalized spacial score (nSPS) is 10.2. The van der Waals surface area contributed by atoms with Gasteiger partial charge in [0.25, 0.3) is 5.91 Å². The van der Waals surface area contributed by atoms with Crippen molar-refractivity contribution in [2.45, 2.75) is 12.8 Å². The molecule has 182 valence electrons. The second-order valence-electron chi connectivity index (χ2n) is 7.18. The lowest BCUT2D eigenvalue weighted by Gasteiger charge is -2.13. The molecular formula is C25H23Cl2N3O5. The van der Waals surface area contributed by atoms with Gasteiger partial charge >= 0.3 is 0 Å². The fourth-order valence-electron chi connectivity index (χ4n) is 2.89. The Morgan fingerprint density at radius 2 is 1.43 bits per heavy atom. The van der Waals surface area contributed by atoms with Crippen LogP contribution in [-0.4, -0.2) is 30.9 Å². The van der Waals surface area contributed by atoms with Crippen molar-refractivity contribution in [3.05, 3.63) is 88.4 Å². The van der Waals surface area contributed by atoms with Crippen LogP contribution in [0.25, 0.3) is 0 Å². The molecule has 0 saturated carbocycles. The summed E-state index contributed by atoms with van der Waals surface area (Å²) >= 11 is 11.8. The Hall–Kier alpha value is -3.75. The average Bonchev–Trinajstić information content (AvgIpc) is 2.86. The summed E-state index contributed by atoms with van der Waals surface area (Å²) in [4.78, 5) is 36.7. The molecule has 0 spiro atoms. The monoisotopic (exact) mass is 515 g/mol. The summed E-state index contributed by atoms with van der Waals surface area (Å²) in [7, 11) is 0. The minimum atomic E-state index is -0.560. The van der Waals surface area contributed by atoms with E-state index in [0.29, 0.717) is 23.1 Å². The maximum atomic E-state index is 12.5. The summed E-state index contributed by atoms with van der Waals surface area (Å²) in [5, 5.41) is 3.33. The zero-order chi connectivity index (χ0) is 25.0. The number of hydrazine groups is 1. The summed E-state index contributed by atoms with van der Waals surface area (Å²) in [6.07, 6.45) is -0.256. The summed E-state index contributed by atoms with van der Waals surface area (Å²) in [6, 6.07) is 20.6. The predicted molar refractivity (Wildman–Crippen MR) is 134 cm³/mol. The fourth-order valence-corrected chi connectivity index (χ4v) is 3.35. The zero-order valence-corrected chi connectivity index (χ0v) is 20.1. The van der Waals surface area contributed by atoms with Gasteiger partial charge in [0.2, 0.25) is 11.8 Å². The minimum absolute atomic E-state index is 0.109. The number of nitrogens with one attached hydrogen (secondary N) is 3. The number of carbonyl (C=O) groups excluding carboxylic acids is 3. The van der Waals surface area contributed by atoms with Gasteiger partial charge in [-0.15, -0.1) is 0 Å². The van der Waals surface area contributed by atoms with E-state index in [4.69, 9.17) is 32.7 Å². The van der Waals surface area contributed by atoms with Gasteiger partial charge in [-0.2, -0.15) is 0 Å². The molecule has 0 aliphatic rings. The zero-order valence-electron chi connectivity index (χ0n) is 18.6. The van der Waals surface area contributed by atoms with Crippen LogP contribution in [0, 0.1) is 0 Å². The van der Waals surface area contributed by atoms with Crippen molar-refractivity contribution < 1.29 is 23.9 Å². The maximum Gasteiger partial charge on any atom is 0.273 e. The molecule has 0 heterocycles. The number of halogens is 2. The van der Waals surface area contributed by atoms with Crippen LogP contribution in [0.4, 0.5) is 5.69 Å². The highest BCUT2D eigenvalue weighted by molar-refractivity contribution is 6.36. The molecule has 35 heavy (non-hydrogen) atoms. The van der Waals surface area contributed by atoms with Gasteiger partial charge in [-0.25, -0.2) is 0 Å². The van der Waals surface area contributed by atoms with Crippen LogP contribution < -0.4 is 25.6 Å². The summed E-state index contributed by atoms with van der Waals surface area (Å²) in [5.74, 6) is -0.447. The first-order valence-corrected chi connectivity index (χ1v) is 11.4. The van der Waals surface area contributed by atoms with Gasteiger partial charge in [0.05, 0.1) is 16.3 Å². The smallest absolute Gasteiger partial charge is 0.273 e. The third kappa shape index (κ3) is 8.51. The van der Waals surface area contributed by atoms with E-state index in [0.717, 1.165) is 5.75 Å². The summed E-state index contributed by atoms with van der Waals surface area (Å²) < 4.78 is 11.2. The standard InChI is InChI=1S/C25H23Cl2N3O5/c26-17-10-11-21(20(27)16-17)28-23(31)12-13-24(32)29-30-25(33)19-8-4-5-9-22(19)35-15-14-34-18-6-2-1-3-7-18/h1-11,16H,12-15H2,(H,28,31)(H,29,32)(H,30,33). The van der Waals surface area contributed by atoms with Gasteiger partial charge in [0, 0.05) is 17.9 Å². The Balaban J connectivity index is 1.41. The van der Waals surface area contributed by atoms with E-state index in [1.807, 2.05) is 30.3 Å². The molecule has 0 aliphatic carbocycles. The van der Waals surface area contributed by atoms with Crippen LogP contribution in [0.15, 0.2) is 72.8 Å². The van der Waals surface area contributed by atoms with E-state index in [9.17, 15) is 14.4 Å². The number of rotatable bonds is 10. The van der Waals surface area contributed by atoms with Gasteiger partial charge in [-0.3, -0.25) is 25.2 Å². The van der Waals surface area contributed by atoms with Gasteiger partial charge in [0.15, 0.2) is 0 Å². The highest BCUT2D eigenvalue weighted by atomic mass is 35.5. The molecule has 3 aromatic rings. The number of amides is 3. The average molecular weight is 516 g/mol. The molecule has 0 bridgehead atoms. The Morgan fingerprint density at radius 1 is 0.743 bits per heavy atom. The van der Waals surface area contributed by atoms with E-state index in [1.54, 1.807) is 36.4 Å². The Morgan fingerprint density at radius 3 is 2.20 bits per heavy atom. The van der Waals surface area contributed by atoms with Crippen molar-refractivity contribution in [3.8, 4) is 11.5 Å². The van der Waals surface area contributed by atoms with E-state index in [-0.39, 0.29) is 30.0 Å². The molecule has 10 heteroatoms. The number of benzene rings is 3. The topological polar surface area (TPSA) is 106 Å². The minimum Gasteiger partial charge on any atom is -0.490 e. The van der Waals surface area contributed by atoms with Crippen molar-refractivity contribution in [1.82, 2.24) is 10.9 Å². The highest BCUT2D eigenvalue weighted by Crippen LogP contribution is 2.25. The molecule has 0 radical (unpaired) electrons. The highest BCUT2D eigenvalue weighted by Gasteiger charge is 2.14. The van der Waals surface area contributed by atoms with E-state index in [1.165, 1.54) is 6.07 Å². The lowest BCUT2D eigenvalue weighted by molar-refractivity contribution is -0.124. The third-order valence-electron chi connectivity index (χ3n) is 4.58. The van der Waals surface area contributed by atoms with Crippen LogP contribution in [0.5, 0.6) is 11.5 Å². The van der Waals surface area contributed by atoms with E-state index < -0.39 is 17.7 Å². The van der Waals surface area contributed by atoms with Crippen LogP contribution in [-0.2, 0) is 9.59 Å². The van der Waals surface area contributed by atoms with Gasteiger partial charge in [-0.1, -0.05) is 53.5 Å². The first-order valence-electron chi connectivity index (χ1n) is 10.7. The number of hydrogen-bond acceptors (Lipinski definition) is 5. The summed E-state index contributed by atoms with van der Waals surface area (Å²) in [6.45, 7) is 0.512. The number of carbonyl (C=O) groups is 3. The van der Waals surface area contributed by atoms with E-state index >= 15 is 0 Å². The lowest BCUT2D eigenvalue weighted by atomic mass is 10.2. The quantitative estimate of drug-likeness (QED) is 0.269. The second-order valence-corrected chi connectivity index (χ2v) is 8.02.